The van der Waals surface area contributed by atoms with Crippen molar-refractivity contribution in [3.8, 4) is 5.69 Å². The molecule has 1 nitrogen and oxygen atoms in total. The average Bonchev–Trinajstić information content (AvgIpc) is 2.62. The van der Waals surface area contributed by atoms with Gasteiger partial charge in [-0.1, -0.05) is 30.4 Å². The minimum Gasteiger partial charge on any atom is -0.153 e. The maximum Gasteiger partial charge on any atom is 0.244 e. The third-order valence-electron chi connectivity index (χ3n) is 2.60. The van der Waals surface area contributed by atoms with Gasteiger partial charge < -0.3 is 0 Å². The topological polar surface area (TPSA) is 3.88 Å². The minimum absolute atomic E-state index is 0.665. The van der Waals surface area contributed by atoms with E-state index in [2.05, 4.69) is 47.3 Å². The van der Waals surface area contributed by atoms with E-state index in [1.54, 1.807) is 0 Å². The van der Waals surface area contributed by atoms with Crippen LogP contribution in [0.3, 0.4) is 0 Å². The lowest BCUT2D eigenvalue weighted by atomic mass is 10.3. The number of benzene rings is 1. The van der Waals surface area contributed by atoms with Crippen LogP contribution in [0.4, 0.5) is 0 Å². The summed E-state index contributed by atoms with van der Waals surface area (Å²) in [4.78, 5) is 1.40. The highest BCUT2D eigenvalue weighted by molar-refractivity contribution is 8.00. The Bertz CT molecular complexity index is 490. The van der Waals surface area contributed by atoms with Crippen LogP contribution in [0.2, 0.25) is 0 Å². The Morgan fingerprint density at radius 2 is 2.20 bits per heavy atom. The first-order valence-electron chi connectivity index (χ1n) is 5.08. The van der Waals surface area contributed by atoms with Crippen LogP contribution in [-0.4, -0.2) is 5.25 Å². The smallest absolute Gasteiger partial charge is 0.153 e. The van der Waals surface area contributed by atoms with Crippen molar-refractivity contribution < 1.29 is 4.57 Å². The van der Waals surface area contributed by atoms with Crippen LogP contribution in [0.25, 0.3) is 5.69 Å². The normalized spacial score (nSPS) is 19.1. The van der Waals surface area contributed by atoms with E-state index in [0.29, 0.717) is 5.25 Å². The highest BCUT2D eigenvalue weighted by atomic mass is 32.2. The van der Waals surface area contributed by atoms with Crippen molar-refractivity contribution in [2.75, 3.05) is 0 Å². The predicted octanol–water partition coefficient (Wildman–Crippen LogP) is 3.06. The summed E-state index contributed by atoms with van der Waals surface area (Å²) in [5, 5.41) is 4.30. The Balaban J connectivity index is 2.25. The van der Waals surface area contributed by atoms with Gasteiger partial charge in [-0.05, 0) is 6.07 Å². The molecule has 0 amide bonds. The van der Waals surface area contributed by atoms with Crippen LogP contribution in [-0.2, 0) is 6.42 Å². The maximum absolute atomic E-state index is 2.33. The van der Waals surface area contributed by atoms with E-state index in [0.717, 1.165) is 6.42 Å². The Morgan fingerprint density at radius 1 is 1.33 bits per heavy atom. The van der Waals surface area contributed by atoms with Crippen LogP contribution in [0.15, 0.2) is 40.7 Å². The first kappa shape index (κ1) is 9.43. The van der Waals surface area contributed by atoms with Gasteiger partial charge in [-0.2, -0.15) is 4.57 Å². The van der Waals surface area contributed by atoms with Crippen molar-refractivity contribution in [1.29, 1.82) is 0 Å². The summed E-state index contributed by atoms with van der Waals surface area (Å²) >= 11 is 3.84. The number of aromatic nitrogens is 1. The molecule has 2 aromatic rings. The van der Waals surface area contributed by atoms with Gasteiger partial charge in [0.2, 0.25) is 10.7 Å². The van der Waals surface area contributed by atoms with Crippen LogP contribution >= 0.6 is 23.1 Å². The van der Waals surface area contributed by atoms with E-state index >= 15 is 0 Å². The van der Waals surface area contributed by atoms with Crippen LogP contribution in [0.1, 0.15) is 11.9 Å². The van der Waals surface area contributed by atoms with Crippen LogP contribution < -0.4 is 4.57 Å². The average molecular weight is 234 g/mol. The lowest BCUT2D eigenvalue weighted by molar-refractivity contribution is -0.600. The number of rotatable bonds is 0. The molecule has 0 N–H and O–H groups in total. The van der Waals surface area contributed by atoms with Gasteiger partial charge in [-0.25, -0.2) is 0 Å². The molecule has 0 bridgehead atoms. The quantitative estimate of drug-likeness (QED) is 0.634. The molecule has 1 aliphatic rings. The summed E-state index contributed by atoms with van der Waals surface area (Å²) in [5.41, 5.74) is 1.34. The summed E-state index contributed by atoms with van der Waals surface area (Å²) in [6, 6.07) is 8.66. The Hall–Kier alpha value is -0.800. The second-order valence-electron chi connectivity index (χ2n) is 3.77. The van der Waals surface area contributed by atoms with Crippen LogP contribution in [0, 0.1) is 0 Å². The highest BCUT2D eigenvalue weighted by Gasteiger charge is 2.26. The third-order valence-corrected chi connectivity index (χ3v) is 4.66. The molecule has 1 aromatic heterocycles. The van der Waals surface area contributed by atoms with Gasteiger partial charge in [0, 0.05) is 11.3 Å². The van der Waals surface area contributed by atoms with Crippen molar-refractivity contribution in [1.82, 2.24) is 0 Å². The number of thiazole rings is 1. The summed E-state index contributed by atoms with van der Waals surface area (Å²) in [6.45, 7) is 2.30. The zero-order chi connectivity index (χ0) is 10.3. The Labute approximate surface area is 97.8 Å². The number of fused-ring (bicyclic) bond motifs is 3. The first-order chi connectivity index (χ1) is 7.34. The molecule has 1 aliphatic heterocycles. The molecular weight excluding hydrogens is 222 g/mol. The van der Waals surface area contributed by atoms with Gasteiger partial charge in [-0.3, -0.25) is 0 Å². The van der Waals surface area contributed by atoms with E-state index < -0.39 is 0 Å². The Morgan fingerprint density at radius 3 is 3.13 bits per heavy atom. The maximum atomic E-state index is 2.33. The van der Waals surface area contributed by atoms with Gasteiger partial charge in [0.25, 0.3) is 0 Å². The summed E-state index contributed by atoms with van der Waals surface area (Å²) < 4.78 is 2.33. The standard InChI is InChI=1S/C12H12NS2/c1-9-8-12-13(6-7-14-12)10-4-2-3-5-11(10)15-9/h2-7,9H,8H2,1H3/q+1. The third kappa shape index (κ3) is 1.60. The van der Waals surface area contributed by atoms with Crippen molar-refractivity contribution in [3.63, 3.8) is 0 Å². The molecule has 0 radical (unpaired) electrons. The molecule has 0 saturated carbocycles. The molecule has 1 unspecified atom stereocenters. The lowest BCUT2D eigenvalue weighted by Gasteiger charge is -2.03. The monoisotopic (exact) mass is 234 g/mol. The first-order valence-corrected chi connectivity index (χ1v) is 6.84. The molecule has 0 spiro atoms. The van der Waals surface area contributed by atoms with E-state index in [1.165, 1.54) is 15.6 Å². The van der Waals surface area contributed by atoms with E-state index in [1.807, 2.05) is 23.1 Å². The molecule has 76 valence electrons. The van der Waals surface area contributed by atoms with Gasteiger partial charge in [0.15, 0.2) is 6.20 Å². The fourth-order valence-electron chi connectivity index (χ4n) is 1.93. The van der Waals surface area contributed by atoms with E-state index in [4.69, 9.17) is 0 Å². The van der Waals surface area contributed by atoms with Crippen molar-refractivity contribution in [2.45, 2.75) is 23.5 Å². The van der Waals surface area contributed by atoms with Gasteiger partial charge in [0.1, 0.15) is 0 Å². The summed E-state index contributed by atoms with van der Waals surface area (Å²) in [6.07, 6.45) is 3.34. The van der Waals surface area contributed by atoms with Crippen molar-refractivity contribution in [3.05, 3.63) is 40.8 Å². The van der Waals surface area contributed by atoms with Gasteiger partial charge in [-0.15, -0.1) is 11.8 Å². The molecule has 1 atom stereocenters. The lowest BCUT2D eigenvalue weighted by Crippen LogP contribution is -2.32. The van der Waals surface area contributed by atoms with Gasteiger partial charge >= 0.3 is 0 Å². The molecule has 2 heterocycles. The fourth-order valence-corrected chi connectivity index (χ4v) is 4.11. The second kappa shape index (κ2) is 3.65. The molecule has 15 heavy (non-hydrogen) atoms. The number of nitrogens with zero attached hydrogens (tertiary/aromatic N) is 1. The van der Waals surface area contributed by atoms with Crippen molar-refractivity contribution >= 4 is 23.1 Å². The number of para-hydroxylation sites is 1. The predicted molar refractivity (Wildman–Crippen MR) is 64.9 cm³/mol. The molecule has 3 rings (SSSR count). The molecular formula is C12H12NS2+. The Kier molecular flexibility index (Phi) is 2.29. The SMILES string of the molecule is CC1Cc2scc[n+]2-c2ccccc2S1. The molecule has 0 fully saturated rings. The zero-order valence-electron chi connectivity index (χ0n) is 8.51. The van der Waals surface area contributed by atoms with Crippen molar-refractivity contribution in [2.24, 2.45) is 0 Å². The number of hydrogen-bond acceptors (Lipinski definition) is 2. The number of thioether (sulfide) groups is 1. The molecule has 0 aliphatic carbocycles. The van der Waals surface area contributed by atoms with Gasteiger partial charge in [0.05, 0.1) is 16.7 Å². The fraction of sp³-hybridized carbons (Fsp3) is 0.250. The number of hydrogen-bond donors (Lipinski definition) is 0. The van der Waals surface area contributed by atoms with Crippen LogP contribution in [0.5, 0.6) is 0 Å². The van der Waals surface area contributed by atoms with E-state index in [-0.39, 0.29) is 0 Å². The highest BCUT2D eigenvalue weighted by Crippen LogP contribution is 2.32. The molecule has 0 saturated heterocycles. The van der Waals surface area contributed by atoms with E-state index in [9.17, 15) is 0 Å². The molecule has 1 aromatic carbocycles. The molecule has 3 heteroatoms. The largest absolute Gasteiger partial charge is 0.244 e. The second-order valence-corrected chi connectivity index (χ2v) is 6.23. The summed E-state index contributed by atoms with van der Waals surface area (Å²) in [7, 11) is 0. The minimum atomic E-state index is 0.665. The zero-order valence-corrected chi connectivity index (χ0v) is 10.1. The summed E-state index contributed by atoms with van der Waals surface area (Å²) in [5.74, 6) is 0.